The van der Waals surface area contributed by atoms with Crippen LogP contribution in [0, 0.1) is 0 Å². The molecular weight excluding hydrogens is 486 g/mol. The summed E-state index contributed by atoms with van der Waals surface area (Å²) in [6.45, 7) is 5.44. The molecule has 0 radical (unpaired) electrons. The van der Waals surface area contributed by atoms with Gasteiger partial charge in [0.2, 0.25) is 0 Å². The van der Waals surface area contributed by atoms with E-state index in [-0.39, 0.29) is 10.6 Å². The summed E-state index contributed by atoms with van der Waals surface area (Å²) in [4.78, 5) is 1.45. The molecule has 3 N–H and O–H groups in total. The minimum Gasteiger partial charge on any atom is -0.335 e. The van der Waals surface area contributed by atoms with Crippen molar-refractivity contribution in [2.24, 2.45) is 0 Å². The van der Waals surface area contributed by atoms with Gasteiger partial charge in [-0.3, -0.25) is 9.11 Å². The number of benzene rings is 1. The second-order valence-electron chi connectivity index (χ2n) is 9.75. The third-order valence-corrected chi connectivity index (χ3v) is 8.21. The smallest absolute Gasteiger partial charge is 0.294 e. The van der Waals surface area contributed by atoms with Crippen LogP contribution in [0.15, 0.2) is 29.2 Å². The van der Waals surface area contributed by atoms with Gasteiger partial charge in [-0.05, 0) is 49.8 Å². The van der Waals surface area contributed by atoms with Crippen molar-refractivity contribution in [1.82, 2.24) is 0 Å². The van der Waals surface area contributed by atoms with Gasteiger partial charge in [-0.1, -0.05) is 76.8 Å². The molecule has 0 bridgehead atoms. The van der Waals surface area contributed by atoms with Gasteiger partial charge < -0.3 is 4.90 Å². The van der Waals surface area contributed by atoms with Crippen LogP contribution in [0.3, 0.4) is 0 Å². The molecule has 7 nitrogen and oxygen atoms in total. The Balaban J connectivity index is 0.000000400. The lowest BCUT2D eigenvalue weighted by Gasteiger charge is -2.23. The van der Waals surface area contributed by atoms with Gasteiger partial charge in [-0.2, -0.15) is 16.8 Å². The van der Waals surface area contributed by atoms with Crippen LogP contribution in [0.2, 0.25) is 0 Å². The van der Waals surface area contributed by atoms with Crippen LogP contribution in [-0.4, -0.2) is 51.3 Å². The van der Waals surface area contributed by atoms with Crippen molar-refractivity contribution < 1.29 is 30.8 Å². The lowest BCUT2D eigenvalue weighted by molar-refractivity contribution is -0.904. The lowest BCUT2D eigenvalue weighted by atomic mass is 10.0. The first-order chi connectivity index (χ1) is 16.6. The zero-order valence-corrected chi connectivity index (χ0v) is 23.2. The maximum atomic E-state index is 10.9. The van der Waals surface area contributed by atoms with E-state index < -0.39 is 20.2 Å². The third-order valence-electron chi connectivity index (χ3n) is 6.53. The molecule has 1 aromatic carbocycles. The highest BCUT2D eigenvalue weighted by molar-refractivity contribution is 7.86. The van der Waals surface area contributed by atoms with Crippen LogP contribution in [0.4, 0.5) is 0 Å². The van der Waals surface area contributed by atoms with Crippen LogP contribution in [0.25, 0.3) is 0 Å². The Morgan fingerprint density at radius 3 is 1.71 bits per heavy atom. The SMILES string of the molecule is CCCCCCCCCCCCc1ccc(S(=O)(=O)O)cc1.O=S(=O)(O)CCC[NH+]1CCCCC1. The van der Waals surface area contributed by atoms with E-state index in [1.165, 1.54) is 94.1 Å². The molecule has 1 heterocycles. The van der Waals surface area contributed by atoms with Gasteiger partial charge in [0.15, 0.2) is 0 Å². The number of hydrogen-bond donors (Lipinski definition) is 3. The van der Waals surface area contributed by atoms with E-state index >= 15 is 0 Å². The number of quaternary nitrogens is 1. The van der Waals surface area contributed by atoms with E-state index in [9.17, 15) is 16.8 Å². The molecule has 0 saturated carbocycles. The number of likely N-dealkylation sites (tertiary alicyclic amines) is 1. The van der Waals surface area contributed by atoms with Gasteiger partial charge in [-0.15, -0.1) is 0 Å². The van der Waals surface area contributed by atoms with Gasteiger partial charge in [0.25, 0.3) is 20.2 Å². The Morgan fingerprint density at radius 1 is 0.714 bits per heavy atom. The summed E-state index contributed by atoms with van der Waals surface area (Å²) >= 11 is 0. The molecular formula is C26H48NO6S2+. The molecule has 0 amide bonds. The zero-order valence-electron chi connectivity index (χ0n) is 21.6. The molecule has 1 saturated heterocycles. The molecule has 0 spiro atoms. The van der Waals surface area contributed by atoms with Gasteiger partial charge in [-0.25, -0.2) is 0 Å². The average Bonchev–Trinajstić information content (AvgIpc) is 2.80. The molecule has 0 atom stereocenters. The first kappa shape index (κ1) is 32.0. The normalized spacial score (nSPS) is 14.9. The molecule has 35 heavy (non-hydrogen) atoms. The van der Waals surface area contributed by atoms with Crippen molar-refractivity contribution in [1.29, 1.82) is 0 Å². The summed E-state index contributed by atoms with van der Waals surface area (Å²) in [5, 5.41) is 0. The Labute approximate surface area is 214 Å². The largest absolute Gasteiger partial charge is 0.335 e. The van der Waals surface area contributed by atoms with Crippen molar-refractivity contribution in [2.45, 2.75) is 108 Å². The number of nitrogens with one attached hydrogen (secondary N) is 1. The van der Waals surface area contributed by atoms with Gasteiger partial charge in [0, 0.05) is 6.42 Å². The number of piperidine rings is 1. The van der Waals surface area contributed by atoms with Crippen molar-refractivity contribution in [3.8, 4) is 0 Å². The maximum absolute atomic E-state index is 10.9. The molecule has 1 aromatic rings. The quantitative estimate of drug-likeness (QED) is 0.209. The number of aryl methyl sites for hydroxylation is 1. The predicted octanol–water partition coefficient (Wildman–Crippen LogP) is 4.73. The van der Waals surface area contributed by atoms with Gasteiger partial charge >= 0.3 is 0 Å². The fourth-order valence-corrected chi connectivity index (χ4v) is 5.44. The van der Waals surface area contributed by atoms with Crippen LogP contribution in [-0.2, 0) is 26.7 Å². The molecule has 0 unspecified atom stereocenters. The number of hydrogen-bond acceptors (Lipinski definition) is 4. The topological polar surface area (TPSA) is 113 Å². The minimum absolute atomic E-state index is 0.0284. The summed E-state index contributed by atoms with van der Waals surface area (Å²) in [5.74, 6) is -0.0868. The van der Waals surface area contributed by atoms with E-state index in [0.717, 1.165) is 38.0 Å². The predicted molar refractivity (Wildman–Crippen MR) is 142 cm³/mol. The van der Waals surface area contributed by atoms with E-state index in [1.54, 1.807) is 12.1 Å². The molecule has 1 fully saturated rings. The van der Waals surface area contributed by atoms with Gasteiger partial charge in [0.1, 0.15) is 0 Å². The molecule has 204 valence electrons. The summed E-state index contributed by atoms with van der Waals surface area (Å²) < 4.78 is 60.2. The van der Waals surface area contributed by atoms with E-state index in [2.05, 4.69) is 6.92 Å². The highest BCUT2D eigenvalue weighted by Gasteiger charge is 2.14. The Bertz CT molecular complexity index is 864. The van der Waals surface area contributed by atoms with E-state index in [4.69, 9.17) is 9.11 Å². The number of unbranched alkanes of at least 4 members (excludes halogenated alkanes) is 9. The molecule has 1 aliphatic rings. The maximum Gasteiger partial charge on any atom is 0.294 e. The zero-order chi connectivity index (χ0) is 26.0. The van der Waals surface area contributed by atoms with Gasteiger partial charge in [0.05, 0.1) is 30.3 Å². The standard InChI is InChI=1S/C18H30O3S.C8H17NO3S/c1-2-3-4-5-6-7-8-9-10-11-12-17-13-15-18(16-14-17)22(19,20)21;10-13(11,12)8-4-7-9-5-2-1-3-6-9/h13-16H,2-12H2,1H3,(H,19,20,21);1-8H2,(H,10,11,12)/p+1. The molecule has 0 aliphatic carbocycles. The Kier molecular flexibility index (Phi) is 16.7. The van der Waals surface area contributed by atoms with Crippen molar-refractivity contribution >= 4 is 20.2 Å². The first-order valence-corrected chi connectivity index (χ1v) is 16.5. The molecule has 2 rings (SSSR count). The second-order valence-corrected chi connectivity index (χ2v) is 12.7. The lowest BCUT2D eigenvalue weighted by Crippen LogP contribution is -3.12. The van der Waals surface area contributed by atoms with Crippen molar-refractivity contribution in [3.05, 3.63) is 29.8 Å². The third kappa shape index (κ3) is 18.0. The fraction of sp³-hybridized carbons (Fsp3) is 0.769. The van der Waals surface area contributed by atoms with Crippen molar-refractivity contribution in [2.75, 3.05) is 25.4 Å². The van der Waals surface area contributed by atoms with Crippen LogP contribution < -0.4 is 4.90 Å². The van der Waals surface area contributed by atoms with Crippen molar-refractivity contribution in [3.63, 3.8) is 0 Å². The molecule has 1 aliphatic heterocycles. The van der Waals surface area contributed by atoms with Crippen LogP contribution >= 0.6 is 0 Å². The Hall–Kier alpha value is -1.00. The summed E-state index contributed by atoms with van der Waals surface area (Å²) in [5.41, 5.74) is 1.13. The van der Waals surface area contributed by atoms with E-state index in [0.29, 0.717) is 6.42 Å². The van der Waals surface area contributed by atoms with E-state index in [1.807, 2.05) is 0 Å². The summed E-state index contributed by atoms with van der Waals surface area (Å²) in [6.07, 6.45) is 18.5. The first-order valence-electron chi connectivity index (χ1n) is 13.5. The van der Waals surface area contributed by atoms with Crippen LogP contribution in [0.1, 0.15) is 102 Å². The van der Waals surface area contributed by atoms with Crippen LogP contribution in [0.5, 0.6) is 0 Å². The summed E-state index contributed by atoms with van der Waals surface area (Å²) in [6, 6.07) is 6.52. The fourth-order valence-electron chi connectivity index (χ4n) is 4.45. The Morgan fingerprint density at radius 2 is 1.23 bits per heavy atom. The summed E-state index contributed by atoms with van der Waals surface area (Å²) in [7, 11) is -7.80. The molecule has 9 heteroatoms. The second kappa shape index (κ2) is 18.3. The minimum atomic E-state index is -4.06. The number of rotatable bonds is 16. The average molecular weight is 535 g/mol. The highest BCUT2D eigenvalue weighted by atomic mass is 32.2. The monoisotopic (exact) mass is 534 g/mol. The molecule has 0 aromatic heterocycles. The highest BCUT2D eigenvalue weighted by Crippen LogP contribution is 2.14.